The average molecular weight is 365 g/mol. The molecule has 0 radical (unpaired) electrons. The molecule has 0 spiro atoms. The van der Waals surface area contributed by atoms with Crippen LogP contribution in [0.25, 0.3) is 21.9 Å². The quantitative estimate of drug-likeness (QED) is 0.480. The van der Waals surface area contributed by atoms with Crippen molar-refractivity contribution in [1.82, 2.24) is 9.97 Å². The van der Waals surface area contributed by atoms with Crippen molar-refractivity contribution >= 4 is 22.3 Å². The second-order valence-corrected chi connectivity index (χ2v) is 6.03. The van der Waals surface area contributed by atoms with Gasteiger partial charge in [0.1, 0.15) is 5.82 Å². The summed E-state index contributed by atoms with van der Waals surface area (Å²) in [6.45, 7) is 0. The summed E-state index contributed by atoms with van der Waals surface area (Å²) in [7, 11) is 0. The van der Waals surface area contributed by atoms with Crippen LogP contribution in [0.2, 0.25) is 0 Å². The maximum Gasteiger partial charge on any atom is 0.416 e. The minimum Gasteiger partial charge on any atom is -0.340 e. The van der Waals surface area contributed by atoms with Crippen molar-refractivity contribution in [2.24, 2.45) is 0 Å². The van der Waals surface area contributed by atoms with Crippen LogP contribution in [0.1, 0.15) is 5.56 Å². The number of aromatic nitrogens is 2. The van der Waals surface area contributed by atoms with Crippen LogP contribution in [-0.2, 0) is 6.18 Å². The van der Waals surface area contributed by atoms with Gasteiger partial charge in [-0.25, -0.2) is 4.98 Å². The first-order chi connectivity index (χ1) is 13.0. The third kappa shape index (κ3) is 3.60. The molecule has 0 aliphatic carbocycles. The van der Waals surface area contributed by atoms with Crippen LogP contribution >= 0.6 is 0 Å². The van der Waals surface area contributed by atoms with Crippen LogP contribution in [0.15, 0.2) is 79.3 Å². The van der Waals surface area contributed by atoms with E-state index in [0.29, 0.717) is 11.4 Å². The Morgan fingerprint density at radius 1 is 0.815 bits per heavy atom. The van der Waals surface area contributed by atoms with Gasteiger partial charge < -0.3 is 5.32 Å². The van der Waals surface area contributed by atoms with Gasteiger partial charge in [0.15, 0.2) is 0 Å². The summed E-state index contributed by atoms with van der Waals surface area (Å²) in [6, 6.07) is 16.4. The lowest BCUT2D eigenvalue weighted by Gasteiger charge is -2.11. The molecule has 0 aliphatic rings. The van der Waals surface area contributed by atoms with E-state index < -0.39 is 11.7 Å². The topological polar surface area (TPSA) is 37.8 Å². The predicted octanol–water partition coefficient (Wildman–Crippen LogP) is 6.06. The fourth-order valence-electron chi connectivity index (χ4n) is 2.90. The molecule has 0 aliphatic heterocycles. The zero-order chi connectivity index (χ0) is 18.9. The highest BCUT2D eigenvalue weighted by atomic mass is 19.4. The second kappa shape index (κ2) is 6.72. The largest absolute Gasteiger partial charge is 0.416 e. The molecule has 27 heavy (non-hydrogen) atoms. The van der Waals surface area contributed by atoms with Crippen LogP contribution in [0.4, 0.5) is 24.7 Å². The highest BCUT2D eigenvalue weighted by Crippen LogP contribution is 2.32. The number of hydrogen-bond donors (Lipinski definition) is 1. The number of fused-ring (bicyclic) bond motifs is 1. The van der Waals surface area contributed by atoms with E-state index in [2.05, 4.69) is 15.3 Å². The molecule has 1 N–H and O–H groups in total. The summed E-state index contributed by atoms with van der Waals surface area (Å²) in [5, 5.41) is 5.28. The van der Waals surface area contributed by atoms with Crippen molar-refractivity contribution < 1.29 is 13.2 Å². The Kier molecular flexibility index (Phi) is 4.24. The Morgan fingerprint density at radius 3 is 2.41 bits per heavy atom. The average Bonchev–Trinajstić information content (AvgIpc) is 2.68. The van der Waals surface area contributed by atoms with Crippen molar-refractivity contribution in [3.63, 3.8) is 0 Å². The number of rotatable bonds is 3. The van der Waals surface area contributed by atoms with Gasteiger partial charge in [0.25, 0.3) is 0 Å². The summed E-state index contributed by atoms with van der Waals surface area (Å²) in [5.41, 5.74) is 1.69. The van der Waals surface area contributed by atoms with E-state index in [1.165, 1.54) is 12.1 Å². The maximum atomic E-state index is 12.7. The molecule has 2 aromatic heterocycles. The number of nitrogens with zero attached hydrogens (tertiary/aromatic N) is 2. The highest BCUT2D eigenvalue weighted by Gasteiger charge is 2.29. The van der Waals surface area contributed by atoms with Gasteiger partial charge in [-0.15, -0.1) is 0 Å². The summed E-state index contributed by atoms with van der Waals surface area (Å²) < 4.78 is 38.2. The van der Waals surface area contributed by atoms with E-state index >= 15 is 0 Å². The number of halogens is 3. The lowest BCUT2D eigenvalue weighted by atomic mass is 10.0. The van der Waals surface area contributed by atoms with Crippen molar-refractivity contribution in [1.29, 1.82) is 0 Å². The second-order valence-electron chi connectivity index (χ2n) is 6.03. The zero-order valence-electron chi connectivity index (χ0n) is 14.0. The third-order valence-corrected chi connectivity index (χ3v) is 4.25. The van der Waals surface area contributed by atoms with Gasteiger partial charge in [-0.1, -0.05) is 24.3 Å². The van der Waals surface area contributed by atoms with E-state index in [4.69, 9.17) is 0 Å². The predicted molar refractivity (Wildman–Crippen MR) is 99.7 cm³/mol. The standard InChI is InChI=1S/C21H14F3N3/c22-21(23,24)17-6-4-14(5-7-17)15-8-11-26-20(12-15)27-19-3-1-2-16-13-25-10-9-18(16)19/h1-13H,(H,26,27). The Hall–Kier alpha value is -3.41. The Balaban J connectivity index is 1.65. The molecule has 2 aromatic carbocycles. The van der Waals surface area contributed by atoms with Gasteiger partial charge in [0, 0.05) is 35.1 Å². The number of alkyl halides is 3. The summed E-state index contributed by atoms with van der Waals surface area (Å²) in [5.74, 6) is 0.608. The minimum absolute atomic E-state index is 0.608. The molecule has 4 rings (SSSR count). The normalized spacial score (nSPS) is 11.5. The lowest BCUT2D eigenvalue weighted by molar-refractivity contribution is -0.137. The molecule has 0 fully saturated rings. The van der Waals surface area contributed by atoms with Crippen LogP contribution in [0.3, 0.4) is 0 Å². The first-order valence-corrected chi connectivity index (χ1v) is 8.24. The lowest BCUT2D eigenvalue weighted by Crippen LogP contribution is -2.04. The fraction of sp³-hybridized carbons (Fsp3) is 0.0476. The van der Waals surface area contributed by atoms with Crippen molar-refractivity contribution in [3.8, 4) is 11.1 Å². The van der Waals surface area contributed by atoms with E-state index in [1.807, 2.05) is 30.3 Å². The summed E-state index contributed by atoms with van der Waals surface area (Å²) in [6.07, 6.45) is 0.793. The monoisotopic (exact) mass is 365 g/mol. The van der Waals surface area contributed by atoms with E-state index in [0.717, 1.165) is 34.2 Å². The zero-order valence-corrected chi connectivity index (χ0v) is 14.0. The number of hydrogen-bond acceptors (Lipinski definition) is 3. The Bertz CT molecular complexity index is 1080. The number of anilines is 2. The molecule has 134 valence electrons. The molecule has 6 heteroatoms. The molecule has 0 unspecified atom stereocenters. The van der Waals surface area contributed by atoms with Gasteiger partial charge in [0.2, 0.25) is 0 Å². The van der Waals surface area contributed by atoms with Crippen molar-refractivity contribution in [3.05, 3.63) is 84.8 Å². The number of benzene rings is 2. The van der Waals surface area contributed by atoms with Crippen LogP contribution in [-0.4, -0.2) is 9.97 Å². The van der Waals surface area contributed by atoms with Gasteiger partial charge in [-0.3, -0.25) is 4.98 Å². The molecular weight excluding hydrogens is 351 g/mol. The van der Waals surface area contributed by atoms with Crippen LogP contribution in [0.5, 0.6) is 0 Å². The summed E-state index contributed by atoms with van der Waals surface area (Å²) in [4.78, 5) is 8.43. The molecular formula is C21H14F3N3. The molecule has 2 heterocycles. The van der Waals surface area contributed by atoms with Gasteiger partial charge in [-0.2, -0.15) is 13.2 Å². The number of pyridine rings is 2. The first-order valence-electron chi connectivity index (χ1n) is 8.24. The van der Waals surface area contributed by atoms with Crippen molar-refractivity contribution in [2.45, 2.75) is 6.18 Å². The molecule has 0 saturated heterocycles. The molecule has 4 aromatic rings. The molecule has 0 saturated carbocycles. The van der Waals surface area contributed by atoms with E-state index in [-0.39, 0.29) is 0 Å². The molecule has 3 nitrogen and oxygen atoms in total. The van der Waals surface area contributed by atoms with Crippen LogP contribution in [0, 0.1) is 0 Å². The minimum atomic E-state index is -4.34. The first kappa shape index (κ1) is 17.0. The molecule has 0 atom stereocenters. The van der Waals surface area contributed by atoms with E-state index in [1.54, 1.807) is 24.7 Å². The van der Waals surface area contributed by atoms with Gasteiger partial charge in [0.05, 0.1) is 5.56 Å². The molecule has 0 bridgehead atoms. The van der Waals surface area contributed by atoms with Gasteiger partial charge in [-0.05, 0) is 47.5 Å². The highest BCUT2D eigenvalue weighted by molar-refractivity contribution is 5.94. The fourth-order valence-corrected chi connectivity index (χ4v) is 2.90. The van der Waals surface area contributed by atoms with E-state index in [9.17, 15) is 13.2 Å². The SMILES string of the molecule is FC(F)(F)c1ccc(-c2ccnc(Nc3cccc4cnccc34)c2)cc1. The van der Waals surface area contributed by atoms with Gasteiger partial charge >= 0.3 is 6.18 Å². The molecule has 0 amide bonds. The van der Waals surface area contributed by atoms with Crippen molar-refractivity contribution in [2.75, 3.05) is 5.32 Å². The van der Waals surface area contributed by atoms with Crippen LogP contribution < -0.4 is 5.32 Å². The Labute approximate surface area is 153 Å². The third-order valence-electron chi connectivity index (χ3n) is 4.25. The summed E-state index contributed by atoms with van der Waals surface area (Å²) >= 11 is 0. The smallest absolute Gasteiger partial charge is 0.340 e. The Morgan fingerprint density at radius 2 is 1.63 bits per heavy atom. The maximum absolute atomic E-state index is 12.7. The number of nitrogens with one attached hydrogen (secondary N) is 1.